The van der Waals surface area contributed by atoms with E-state index in [1.165, 1.54) is 10.8 Å². The van der Waals surface area contributed by atoms with Crippen LogP contribution in [0, 0.1) is 0 Å². The van der Waals surface area contributed by atoms with Crippen molar-refractivity contribution in [2.75, 3.05) is 16.3 Å². The fourth-order valence-electron chi connectivity index (χ4n) is 6.38. The van der Waals surface area contributed by atoms with Crippen molar-refractivity contribution in [3.63, 3.8) is 0 Å². The van der Waals surface area contributed by atoms with Gasteiger partial charge in [-0.2, -0.15) is 0 Å². The summed E-state index contributed by atoms with van der Waals surface area (Å²) in [5.74, 6) is 3.12. The van der Waals surface area contributed by atoms with Gasteiger partial charge in [0.1, 0.15) is 34.3 Å². The molecular formula is C38H26N8. The molecule has 0 unspecified atom stereocenters. The molecule has 8 nitrogen and oxygen atoms in total. The molecule has 9 rings (SSSR count). The van der Waals surface area contributed by atoms with Crippen LogP contribution in [0.5, 0.6) is 0 Å². The third kappa shape index (κ3) is 4.11. The zero-order chi connectivity index (χ0) is 30.5. The Balaban J connectivity index is 1.38. The fraction of sp³-hybridized carbons (Fsp3) is 0.0263. The summed E-state index contributed by atoms with van der Waals surface area (Å²) in [5, 5.41) is 5.88. The van der Waals surface area contributed by atoms with Crippen LogP contribution in [0.4, 0.5) is 28.8 Å². The largest absolute Gasteiger partial charge is 0.368 e. The van der Waals surface area contributed by atoms with Crippen molar-refractivity contribution >= 4 is 50.6 Å². The average molecular weight is 595 g/mol. The first-order valence-corrected chi connectivity index (χ1v) is 15.2. The van der Waals surface area contributed by atoms with Crippen LogP contribution in [0.2, 0.25) is 0 Å². The molecule has 4 aromatic heterocycles. The number of hydrogen-bond acceptors (Lipinski definition) is 8. The van der Waals surface area contributed by atoms with Crippen LogP contribution in [0.3, 0.4) is 0 Å². The molecule has 8 heteroatoms. The van der Waals surface area contributed by atoms with Gasteiger partial charge in [-0.1, -0.05) is 66.7 Å². The Morgan fingerprint density at radius 1 is 0.543 bits per heavy atom. The Morgan fingerprint density at radius 2 is 1.09 bits per heavy atom. The summed E-state index contributed by atoms with van der Waals surface area (Å²) in [5.41, 5.74) is 7.04. The number of rotatable bonds is 6. The van der Waals surface area contributed by atoms with Gasteiger partial charge >= 0.3 is 0 Å². The molecule has 0 saturated heterocycles. The van der Waals surface area contributed by atoms with Crippen LogP contribution in [-0.4, -0.2) is 31.5 Å². The lowest BCUT2D eigenvalue weighted by molar-refractivity contribution is 0.846. The number of nitrogens with one attached hydrogen (secondary N) is 1. The number of benzene rings is 3. The topological polar surface area (TPSA) is 83.0 Å². The lowest BCUT2D eigenvalue weighted by Crippen LogP contribution is -2.30. The van der Waals surface area contributed by atoms with Crippen molar-refractivity contribution in [2.24, 2.45) is 0 Å². The summed E-state index contributed by atoms with van der Waals surface area (Å²) in [7, 11) is 0. The summed E-state index contributed by atoms with van der Waals surface area (Å²) in [6, 6.07) is 34.6. The summed E-state index contributed by atoms with van der Waals surface area (Å²) >= 11 is 0. The van der Waals surface area contributed by atoms with Crippen molar-refractivity contribution in [1.82, 2.24) is 30.2 Å². The average Bonchev–Trinajstić information content (AvgIpc) is 3.44. The van der Waals surface area contributed by atoms with Gasteiger partial charge in [-0.3, -0.25) is 9.80 Å². The van der Waals surface area contributed by atoms with Gasteiger partial charge in [0, 0.05) is 41.6 Å². The molecule has 46 heavy (non-hydrogen) atoms. The van der Waals surface area contributed by atoms with E-state index >= 15 is 0 Å². The van der Waals surface area contributed by atoms with Crippen molar-refractivity contribution in [1.29, 1.82) is 0 Å². The maximum absolute atomic E-state index is 5.49. The molecular weight excluding hydrogens is 568 g/mol. The third-order valence-corrected chi connectivity index (χ3v) is 8.34. The first-order chi connectivity index (χ1) is 22.8. The van der Waals surface area contributed by atoms with Gasteiger partial charge in [-0.25, -0.2) is 24.9 Å². The van der Waals surface area contributed by atoms with Gasteiger partial charge < -0.3 is 5.32 Å². The molecule has 1 aliphatic carbocycles. The second-order valence-electron chi connectivity index (χ2n) is 11.0. The van der Waals surface area contributed by atoms with E-state index in [0.29, 0.717) is 6.54 Å². The number of pyridine rings is 3. The minimum Gasteiger partial charge on any atom is -0.368 e. The van der Waals surface area contributed by atoms with Gasteiger partial charge in [-0.05, 0) is 60.0 Å². The molecule has 0 bridgehead atoms. The van der Waals surface area contributed by atoms with E-state index in [-0.39, 0.29) is 0 Å². The Morgan fingerprint density at radius 3 is 1.59 bits per heavy atom. The second-order valence-corrected chi connectivity index (χ2v) is 11.0. The van der Waals surface area contributed by atoms with Crippen molar-refractivity contribution in [3.8, 4) is 22.5 Å². The molecule has 218 valence electrons. The van der Waals surface area contributed by atoms with Crippen molar-refractivity contribution in [3.05, 3.63) is 146 Å². The molecule has 0 atom stereocenters. The van der Waals surface area contributed by atoms with Gasteiger partial charge in [0.05, 0.1) is 22.8 Å². The number of dihydropyridines is 1. The van der Waals surface area contributed by atoms with Gasteiger partial charge in [0.25, 0.3) is 0 Å². The number of aromatic nitrogens is 5. The van der Waals surface area contributed by atoms with Crippen LogP contribution in [-0.2, 0) is 0 Å². The Kier molecular flexibility index (Phi) is 6.02. The minimum absolute atomic E-state index is 0.705. The number of allylic oxidation sites excluding steroid dienone is 2. The number of nitrogens with zero attached hydrogens (tertiary/aromatic N) is 7. The normalized spacial score (nSPS) is 12.9. The number of fused-ring (bicyclic) bond motifs is 4. The molecule has 0 spiro atoms. The summed E-state index contributed by atoms with van der Waals surface area (Å²) in [4.78, 5) is 29.4. The van der Waals surface area contributed by atoms with E-state index in [1.54, 1.807) is 12.4 Å². The lowest BCUT2D eigenvalue weighted by atomic mass is 10.0. The Bertz CT molecular complexity index is 2270. The summed E-state index contributed by atoms with van der Waals surface area (Å²) in [6.45, 7) is 0.705. The van der Waals surface area contributed by atoms with Gasteiger partial charge in [-0.15, -0.1) is 0 Å². The molecule has 1 aliphatic heterocycles. The monoisotopic (exact) mass is 594 g/mol. The maximum atomic E-state index is 5.49. The molecule has 1 N–H and O–H groups in total. The first kappa shape index (κ1) is 26.0. The molecule has 0 radical (unpaired) electrons. The maximum Gasteiger partial charge on any atom is 0.138 e. The Hall–Kier alpha value is -6.41. The van der Waals surface area contributed by atoms with Gasteiger partial charge in [0.15, 0.2) is 0 Å². The minimum atomic E-state index is 0.705. The summed E-state index contributed by atoms with van der Waals surface area (Å²) in [6.07, 6.45) is 11.6. The molecule has 7 aromatic rings. The van der Waals surface area contributed by atoms with Crippen LogP contribution < -0.4 is 15.1 Å². The Labute approximate surface area is 265 Å². The smallest absolute Gasteiger partial charge is 0.138 e. The van der Waals surface area contributed by atoms with Crippen LogP contribution in [0.25, 0.3) is 44.3 Å². The van der Waals surface area contributed by atoms with Crippen molar-refractivity contribution in [2.45, 2.75) is 0 Å². The van der Waals surface area contributed by atoms with Crippen molar-refractivity contribution < 1.29 is 0 Å². The standard InChI is InChI=1S/C38H26N8/c1-5-21-39-30(15-1)45(31-16-2-6-22-40-31)28-19-20-29(46(32-17-3-7-23-41-32)33-18-4-8-24-42-33)38-37(28)43-35-26-13-9-11-25-12-10-14-27(34(25)26)36(35)44-38/h1-23,42H,24H2. The highest BCUT2D eigenvalue weighted by Gasteiger charge is 2.30. The van der Waals surface area contributed by atoms with Crippen LogP contribution in [0.1, 0.15) is 0 Å². The SMILES string of the molecule is C1=CCNC(N(c2ccccn2)c2ccc(N(c3ccccn3)c3ccccn3)c3nc4c(nc23)-c2cccc3cccc-4c23)=C1. The molecule has 3 aromatic carbocycles. The summed E-state index contributed by atoms with van der Waals surface area (Å²) < 4.78 is 0. The van der Waals surface area contributed by atoms with E-state index in [4.69, 9.17) is 24.9 Å². The predicted molar refractivity (Wildman–Crippen MR) is 183 cm³/mol. The van der Waals surface area contributed by atoms with Crippen LogP contribution in [0.15, 0.2) is 146 Å². The van der Waals surface area contributed by atoms with Gasteiger partial charge in [0.2, 0.25) is 0 Å². The third-order valence-electron chi connectivity index (χ3n) is 8.34. The van der Waals surface area contributed by atoms with E-state index in [2.05, 4.69) is 77.0 Å². The first-order valence-electron chi connectivity index (χ1n) is 15.2. The highest BCUT2D eigenvalue weighted by molar-refractivity contribution is 6.15. The van der Waals surface area contributed by atoms with E-state index in [0.717, 1.165) is 68.2 Å². The molecule has 0 amide bonds. The molecule has 5 heterocycles. The molecule has 0 fully saturated rings. The predicted octanol–water partition coefficient (Wildman–Crippen LogP) is 8.22. The van der Waals surface area contributed by atoms with E-state index in [9.17, 15) is 0 Å². The number of anilines is 5. The molecule has 2 aliphatic rings. The highest BCUT2D eigenvalue weighted by atomic mass is 15.3. The zero-order valence-electron chi connectivity index (χ0n) is 24.6. The van der Waals surface area contributed by atoms with E-state index in [1.807, 2.05) is 65.7 Å². The van der Waals surface area contributed by atoms with E-state index < -0.39 is 0 Å². The van der Waals surface area contributed by atoms with Crippen LogP contribution >= 0.6 is 0 Å². The molecule has 0 saturated carbocycles. The quantitative estimate of drug-likeness (QED) is 0.206. The second kappa shape index (κ2) is 10.6. The zero-order valence-corrected chi connectivity index (χ0v) is 24.6. The fourth-order valence-corrected chi connectivity index (χ4v) is 6.38. The lowest BCUT2D eigenvalue weighted by Gasteiger charge is -2.30. The number of hydrogen-bond donors (Lipinski definition) is 1. The highest BCUT2D eigenvalue weighted by Crippen LogP contribution is 2.49.